The zero-order chi connectivity index (χ0) is 25.4. The molecule has 4 unspecified atom stereocenters. The van der Waals surface area contributed by atoms with Crippen LogP contribution in [0.1, 0.15) is 101 Å². The van der Waals surface area contributed by atoms with Crippen molar-refractivity contribution in [3.8, 4) is 0 Å². The monoisotopic (exact) mass is 486 g/mol. The SMILES string of the molecule is C=C(C)[C@@H]1CCC2CC[C@@]3(C)C4CC[C@@H]5C(CC=C(c6ccc(C(=O)O)cc6)C5(C)C)[C@H]4CCC3[C@H]21. The molecule has 0 bridgehead atoms. The Morgan fingerprint density at radius 2 is 1.58 bits per heavy atom. The number of allylic oxidation sites excluding steroid dienone is 3. The molecule has 6 rings (SSSR count). The Kier molecular flexibility index (Phi) is 5.86. The Bertz CT molecular complexity index is 1080. The van der Waals surface area contributed by atoms with Gasteiger partial charge in [-0.2, -0.15) is 0 Å². The second kappa shape index (κ2) is 8.60. The van der Waals surface area contributed by atoms with Gasteiger partial charge in [-0.1, -0.05) is 51.1 Å². The average Bonchev–Trinajstić information content (AvgIpc) is 3.28. The van der Waals surface area contributed by atoms with E-state index < -0.39 is 5.97 Å². The molecule has 2 nitrogen and oxygen atoms in total. The predicted molar refractivity (Wildman–Crippen MR) is 148 cm³/mol. The maximum atomic E-state index is 11.4. The molecule has 0 radical (unpaired) electrons. The second-order valence-electron chi connectivity index (χ2n) is 14.2. The molecule has 0 heterocycles. The summed E-state index contributed by atoms with van der Waals surface area (Å²) in [6.07, 6.45) is 15.1. The highest BCUT2D eigenvalue weighted by Gasteiger charge is 2.60. The smallest absolute Gasteiger partial charge is 0.335 e. The molecule has 4 fully saturated rings. The number of hydrogen-bond acceptors (Lipinski definition) is 1. The van der Waals surface area contributed by atoms with E-state index in [1.807, 2.05) is 12.1 Å². The van der Waals surface area contributed by atoms with Crippen LogP contribution in [0, 0.1) is 58.2 Å². The molecule has 36 heavy (non-hydrogen) atoms. The normalized spacial score (nSPS) is 42.8. The second-order valence-corrected chi connectivity index (χ2v) is 14.2. The van der Waals surface area contributed by atoms with Crippen molar-refractivity contribution in [1.82, 2.24) is 0 Å². The van der Waals surface area contributed by atoms with Gasteiger partial charge in [-0.05, 0) is 146 Å². The van der Waals surface area contributed by atoms with Gasteiger partial charge in [0.2, 0.25) is 0 Å². The third kappa shape index (κ3) is 3.52. The van der Waals surface area contributed by atoms with Gasteiger partial charge >= 0.3 is 5.97 Å². The van der Waals surface area contributed by atoms with E-state index in [1.165, 1.54) is 74.5 Å². The Hall–Kier alpha value is -1.83. The van der Waals surface area contributed by atoms with Gasteiger partial charge in [0.1, 0.15) is 0 Å². The van der Waals surface area contributed by atoms with E-state index in [2.05, 4.69) is 40.3 Å². The highest BCUT2D eigenvalue weighted by molar-refractivity contribution is 5.88. The number of benzene rings is 1. The van der Waals surface area contributed by atoms with Crippen molar-refractivity contribution >= 4 is 11.5 Å². The van der Waals surface area contributed by atoms with Crippen molar-refractivity contribution in [2.24, 2.45) is 58.2 Å². The fourth-order valence-electron chi connectivity index (χ4n) is 11.0. The van der Waals surface area contributed by atoms with Gasteiger partial charge < -0.3 is 5.11 Å². The topological polar surface area (TPSA) is 37.3 Å². The van der Waals surface area contributed by atoms with Crippen molar-refractivity contribution in [3.63, 3.8) is 0 Å². The molecule has 5 aliphatic carbocycles. The van der Waals surface area contributed by atoms with Gasteiger partial charge in [-0.15, -0.1) is 0 Å². The molecule has 0 aromatic heterocycles. The van der Waals surface area contributed by atoms with Crippen LogP contribution in [0.15, 0.2) is 42.5 Å². The minimum absolute atomic E-state index is 0.130. The van der Waals surface area contributed by atoms with Gasteiger partial charge in [0.25, 0.3) is 0 Å². The lowest BCUT2D eigenvalue weighted by Gasteiger charge is -2.63. The standard InChI is InChI=1S/C34H46O2/c1-20(2)24-11-10-22-18-19-34(5)29-17-16-28-25(26(29)13-15-30(34)31(22)24)12-14-27(33(28,3)4)21-6-8-23(9-7-21)32(35)36/h6-9,14,22,24-26,28-31H,1,10-13,15-19H2,2-5H3,(H,35,36)/t22?,24-,25?,26+,28+,29?,30?,31+,34-/m0/s1. The number of hydrogen-bond donors (Lipinski definition) is 1. The van der Waals surface area contributed by atoms with Gasteiger partial charge in [0.05, 0.1) is 5.56 Å². The molecule has 194 valence electrons. The maximum Gasteiger partial charge on any atom is 0.335 e. The van der Waals surface area contributed by atoms with E-state index in [0.717, 1.165) is 47.3 Å². The van der Waals surface area contributed by atoms with Gasteiger partial charge in [-0.3, -0.25) is 0 Å². The highest BCUT2D eigenvalue weighted by atomic mass is 16.4. The number of carbonyl (C=O) groups is 1. The summed E-state index contributed by atoms with van der Waals surface area (Å²) in [7, 11) is 0. The first kappa shape index (κ1) is 24.5. The van der Waals surface area contributed by atoms with E-state index in [-0.39, 0.29) is 5.41 Å². The number of rotatable bonds is 3. The molecule has 0 spiro atoms. The summed E-state index contributed by atoms with van der Waals surface area (Å²) in [5.74, 6) is 6.01. The van der Waals surface area contributed by atoms with Crippen LogP contribution in [0.3, 0.4) is 0 Å². The maximum absolute atomic E-state index is 11.4. The van der Waals surface area contributed by atoms with Crippen molar-refractivity contribution < 1.29 is 9.90 Å². The van der Waals surface area contributed by atoms with E-state index in [4.69, 9.17) is 0 Å². The molecular formula is C34H46O2. The van der Waals surface area contributed by atoms with Crippen LogP contribution in [-0.4, -0.2) is 11.1 Å². The lowest BCUT2D eigenvalue weighted by Crippen LogP contribution is -2.56. The third-order valence-corrected chi connectivity index (χ3v) is 12.5. The minimum Gasteiger partial charge on any atom is -0.478 e. The van der Waals surface area contributed by atoms with Crippen LogP contribution in [-0.2, 0) is 0 Å². The molecule has 0 amide bonds. The van der Waals surface area contributed by atoms with Gasteiger partial charge in [0.15, 0.2) is 0 Å². The molecule has 1 aromatic rings. The number of carboxylic acid groups (broad SMARTS) is 1. The fraction of sp³-hybridized carbons (Fsp3) is 0.676. The summed E-state index contributed by atoms with van der Waals surface area (Å²) in [4.78, 5) is 11.4. The Balaban J connectivity index is 1.27. The van der Waals surface area contributed by atoms with E-state index in [1.54, 1.807) is 12.1 Å². The first-order chi connectivity index (χ1) is 17.1. The number of carboxylic acids is 1. The molecular weight excluding hydrogens is 440 g/mol. The molecule has 4 saturated carbocycles. The lowest BCUT2D eigenvalue weighted by atomic mass is 9.41. The molecule has 1 N–H and O–H groups in total. The van der Waals surface area contributed by atoms with Crippen molar-refractivity contribution in [1.29, 1.82) is 0 Å². The van der Waals surface area contributed by atoms with Crippen LogP contribution >= 0.6 is 0 Å². The highest BCUT2D eigenvalue weighted by Crippen LogP contribution is 2.69. The number of fused-ring (bicyclic) bond motifs is 7. The van der Waals surface area contributed by atoms with Crippen LogP contribution in [0.2, 0.25) is 0 Å². The van der Waals surface area contributed by atoms with Crippen LogP contribution in [0.5, 0.6) is 0 Å². The molecule has 2 heteroatoms. The number of aromatic carboxylic acids is 1. The molecule has 9 atom stereocenters. The summed E-state index contributed by atoms with van der Waals surface area (Å²) in [5.41, 5.74) is 5.14. The largest absolute Gasteiger partial charge is 0.478 e. The average molecular weight is 487 g/mol. The first-order valence-corrected chi connectivity index (χ1v) is 14.8. The third-order valence-electron chi connectivity index (χ3n) is 12.5. The Morgan fingerprint density at radius 1 is 0.889 bits per heavy atom. The quantitative estimate of drug-likeness (QED) is 0.433. The zero-order valence-electron chi connectivity index (χ0n) is 22.9. The summed E-state index contributed by atoms with van der Waals surface area (Å²) < 4.78 is 0. The lowest BCUT2D eigenvalue weighted by molar-refractivity contribution is -0.131. The van der Waals surface area contributed by atoms with Gasteiger partial charge in [0, 0.05) is 0 Å². The Morgan fingerprint density at radius 3 is 2.28 bits per heavy atom. The van der Waals surface area contributed by atoms with Crippen molar-refractivity contribution in [2.75, 3.05) is 0 Å². The fourth-order valence-corrected chi connectivity index (χ4v) is 11.0. The minimum atomic E-state index is -0.845. The van der Waals surface area contributed by atoms with Crippen molar-refractivity contribution in [3.05, 3.63) is 53.6 Å². The molecule has 5 aliphatic rings. The van der Waals surface area contributed by atoms with E-state index in [0.29, 0.717) is 11.0 Å². The Labute approximate surface area is 218 Å². The summed E-state index contributed by atoms with van der Waals surface area (Å²) >= 11 is 0. The summed E-state index contributed by atoms with van der Waals surface area (Å²) in [5, 5.41) is 9.33. The van der Waals surface area contributed by atoms with Crippen LogP contribution < -0.4 is 0 Å². The zero-order valence-corrected chi connectivity index (χ0v) is 22.9. The molecule has 0 saturated heterocycles. The van der Waals surface area contributed by atoms with Gasteiger partial charge in [-0.25, -0.2) is 4.79 Å². The summed E-state index contributed by atoms with van der Waals surface area (Å²) in [6, 6.07) is 7.62. The van der Waals surface area contributed by atoms with Crippen molar-refractivity contribution in [2.45, 2.75) is 85.5 Å². The van der Waals surface area contributed by atoms with E-state index >= 15 is 0 Å². The molecule has 0 aliphatic heterocycles. The van der Waals surface area contributed by atoms with Crippen LogP contribution in [0.25, 0.3) is 5.57 Å². The van der Waals surface area contributed by atoms with Crippen LogP contribution in [0.4, 0.5) is 0 Å². The predicted octanol–water partition coefficient (Wildman–Crippen LogP) is 8.89. The van der Waals surface area contributed by atoms with E-state index in [9.17, 15) is 9.90 Å². The summed E-state index contributed by atoms with van der Waals surface area (Å²) in [6.45, 7) is 14.4. The first-order valence-electron chi connectivity index (χ1n) is 14.8. The molecule has 1 aromatic carbocycles.